The number of carbonyl (C=O) groups excluding carboxylic acids is 2. The molecule has 0 saturated carbocycles. The molecule has 134 valence electrons. The molecule has 1 aromatic rings. The van der Waals surface area contributed by atoms with Crippen molar-refractivity contribution in [2.45, 2.75) is 12.5 Å². The Labute approximate surface area is 149 Å². The van der Waals surface area contributed by atoms with Gasteiger partial charge in [-0.2, -0.15) is 0 Å². The quantitative estimate of drug-likeness (QED) is 0.832. The average Bonchev–Trinajstić information content (AvgIpc) is 3.00. The van der Waals surface area contributed by atoms with Crippen molar-refractivity contribution in [1.82, 2.24) is 10.2 Å². The lowest BCUT2D eigenvalue weighted by atomic mass is 10.1. The molecule has 0 aromatic heterocycles. The summed E-state index contributed by atoms with van der Waals surface area (Å²) in [6.45, 7) is 1.89. The highest BCUT2D eigenvalue weighted by Crippen LogP contribution is 2.29. The minimum absolute atomic E-state index is 0.149. The summed E-state index contributed by atoms with van der Waals surface area (Å²) < 4.78 is 5.39. The number of carboxylic acids is 1. The fourth-order valence-corrected chi connectivity index (χ4v) is 3.18. The number of rotatable bonds is 4. The zero-order valence-electron chi connectivity index (χ0n) is 13.4. The Morgan fingerprint density at radius 1 is 1.36 bits per heavy atom. The molecule has 0 spiro atoms. The molecule has 3 amide bonds. The molecule has 0 aliphatic carbocycles. The van der Waals surface area contributed by atoms with E-state index in [0.717, 1.165) is 0 Å². The monoisotopic (exact) mass is 367 g/mol. The van der Waals surface area contributed by atoms with Crippen LogP contribution in [0.5, 0.6) is 0 Å². The molecule has 2 aliphatic rings. The van der Waals surface area contributed by atoms with Crippen molar-refractivity contribution in [3.05, 3.63) is 28.8 Å². The van der Waals surface area contributed by atoms with E-state index in [9.17, 15) is 14.4 Å². The molecule has 0 bridgehead atoms. The van der Waals surface area contributed by atoms with Crippen molar-refractivity contribution in [3.8, 4) is 0 Å². The Kier molecular flexibility index (Phi) is 5.10. The summed E-state index contributed by atoms with van der Waals surface area (Å²) >= 11 is 6.18. The van der Waals surface area contributed by atoms with Crippen LogP contribution in [0.3, 0.4) is 0 Å². The lowest BCUT2D eigenvalue weighted by Crippen LogP contribution is -2.46. The van der Waals surface area contributed by atoms with Crippen molar-refractivity contribution in [3.63, 3.8) is 0 Å². The molecule has 9 heteroatoms. The first-order valence-corrected chi connectivity index (χ1v) is 8.31. The molecule has 8 nitrogen and oxygen atoms in total. The summed E-state index contributed by atoms with van der Waals surface area (Å²) in [6, 6.07) is 4.53. The maximum absolute atomic E-state index is 12.8. The van der Waals surface area contributed by atoms with E-state index in [0.29, 0.717) is 42.5 Å². The van der Waals surface area contributed by atoms with Crippen LogP contribution in [-0.2, 0) is 9.53 Å². The number of aliphatic carboxylic acids is 1. The second-order valence-corrected chi connectivity index (χ2v) is 6.30. The van der Waals surface area contributed by atoms with Gasteiger partial charge in [-0.25, -0.2) is 4.79 Å². The molecule has 2 saturated heterocycles. The largest absolute Gasteiger partial charge is 0.481 e. The fraction of sp³-hybridized carbons (Fsp3) is 0.438. The van der Waals surface area contributed by atoms with Gasteiger partial charge in [0.25, 0.3) is 5.91 Å². The zero-order valence-corrected chi connectivity index (χ0v) is 14.2. The highest BCUT2D eigenvalue weighted by Gasteiger charge is 2.28. The van der Waals surface area contributed by atoms with Gasteiger partial charge in [0, 0.05) is 31.7 Å². The Morgan fingerprint density at radius 3 is 2.84 bits per heavy atom. The number of carboxylic acid groups (broad SMARTS) is 1. The molecule has 3 rings (SSSR count). The standard InChI is InChI=1S/C16H18ClN3O5/c17-12-2-1-10(7-13(12)20-4-3-18-16(20)24)15(23)19-5-6-25-11(9-19)8-14(21)22/h1-2,7,11H,3-6,8-9H2,(H,18,24)(H,21,22). The number of nitrogens with zero attached hydrogens (tertiary/aromatic N) is 2. The molecule has 1 aromatic carbocycles. The molecular formula is C16H18ClN3O5. The number of ether oxygens (including phenoxy) is 1. The highest BCUT2D eigenvalue weighted by atomic mass is 35.5. The van der Waals surface area contributed by atoms with E-state index in [1.54, 1.807) is 23.1 Å². The van der Waals surface area contributed by atoms with Gasteiger partial charge in [0.1, 0.15) is 0 Å². The Hall–Kier alpha value is -2.32. The molecule has 2 heterocycles. The molecule has 1 atom stereocenters. The van der Waals surface area contributed by atoms with Crippen LogP contribution in [0.15, 0.2) is 18.2 Å². The lowest BCUT2D eigenvalue weighted by molar-refractivity contribution is -0.141. The van der Waals surface area contributed by atoms with Gasteiger partial charge in [0.05, 0.1) is 29.8 Å². The summed E-state index contributed by atoms with van der Waals surface area (Å²) in [6.07, 6.45) is -0.671. The first-order valence-electron chi connectivity index (χ1n) is 7.93. The van der Waals surface area contributed by atoms with Crippen LogP contribution in [0.1, 0.15) is 16.8 Å². The second kappa shape index (κ2) is 7.28. The summed E-state index contributed by atoms with van der Waals surface area (Å²) in [5.74, 6) is -1.20. The number of hydrogen-bond acceptors (Lipinski definition) is 4. The number of nitrogens with one attached hydrogen (secondary N) is 1. The number of halogens is 1. The molecule has 2 fully saturated rings. The number of anilines is 1. The van der Waals surface area contributed by atoms with Crippen LogP contribution in [0.2, 0.25) is 5.02 Å². The molecule has 2 aliphatic heterocycles. The first-order chi connectivity index (χ1) is 12.0. The number of morpholine rings is 1. The zero-order chi connectivity index (χ0) is 18.0. The van der Waals surface area contributed by atoms with Gasteiger partial charge in [0.2, 0.25) is 0 Å². The van der Waals surface area contributed by atoms with Gasteiger partial charge < -0.3 is 20.1 Å². The van der Waals surface area contributed by atoms with Gasteiger partial charge in [0.15, 0.2) is 0 Å². The van der Waals surface area contributed by atoms with Crippen LogP contribution in [-0.4, -0.2) is 66.8 Å². The van der Waals surface area contributed by atoms with Crippen LogP contribution in [0.25, 0.3) is 0 Å². The number of carbonyl (C=O) groups is 3. The van der Waals surface area contributed by atoms with Gasteiger partial charge in [-0.3, -0.25) is 14.5 Å². The van der Waals surface area contributed by atoms with Crippen LogP contribution in [0.4, 0.5) is 10.5 Å². The highest BCUT2D eigenvalue weighted by molar-refractivity contribution is 6.34. The third kappa shape index (κ3) is 3.85. The minimum atomic E-state index is -0.965. The Bertz CT molecular complexity index is 711. The van der Waals surface area contributed by atoms with Crippen molar-refractivity contribution in [1.29, 1.82) is 0 Å². The van der Waals surface area contributed by atoms with Crippen molar-refractivity contribution in [2.75, 3.05) is 37.7 Å². The van der Waals surface area contributed by atoms with E-state index in [1.807, 2.05) is 0 Å². The lowest BCUT2D eigenvalue weighted by Gasteiger charge is -2.32. The SMILES string of the molecule is O=C(O)CC1CN(C(=O)c2ccc(Cl)c(N3CCNC3=O)c2)CCO1. The molecular weight excluding hydrogens is 350 g/mol. The van der Waals surface area contributed by atoms with E-state index < -0.39 is 12.1 Å². The number of hydrogen-bond donors (Lipinski definition) is 2. The number of benzene rings is 1. The molecule has 0 radical (unpaired) electrons. The molecule has 2 N–H and O–H groups in total. The number of urea groups is 1. The third-order valence-corrected chi connectivity index (χ3v) is 4.49. The van der Waals surface area contributed by atoms with Gasteiger partial charge in [-0.1, -0.05) is 11.6 Å². The van der Waals surface area contributed by atoms with Crippen LogP contribution in [0, 0.1) is 0 Å². The van der Waals surface area contributed by atoms with Gasteiger partial charge in [-0.15, -0.1) is 0 Å². The minimum Gasteiger partial charge on any atom is -0.481 e. The van der Waals surface area contributed by atoms with Crippen LogP contribution < -0.4 is 10.2 Å². The van der Waals surface area contributed by atoms with Crippen molar-refractivity contribution in [2.24, 2.45) is 0 Å². The normalized spacial score (nSPS) is 20.5. The second-order valence-electron chi connectivity index (χ2n) is 5.89. The van der Waals surface area contributed by atoms with Gasteiger partial charge >= 0.3 is 12.0 Å². The first kappa shape index (κ1) is 17.5. The maximum atomic E-state index is 12.8. The third-order valence-electron chi connectivity index (χ3n) is 4.17. The predicted molar refractivity (Wildman–Crippen MR) is 90.1 cm³/mol. The molecule has 25 heavy (non-hydrogen) atoms. The Balaban J connectivity index is 1.78. The summed E-state index contributed by atoms with van der Waals surface area (Å²) in [4.78, 5) is 38.5. The predicted octanol–water partition coefficient (Wildman–Crippen LogP) is 1.19. The molecule has 1 unspecified atom stereocenters. The van der Waals surface area contributed by atoms with Crippen molar-refractivity contribution < 1.29 is 24.2 Å². The summed E-state index contributed by atoms with van der Waals surface area (Å²) in [5, 5.41) is 12.0. The van der Waals surface area contributed by atoms with Gasteiger partial charge in [-0.05, 0) is 18.2 Å². The summed E-state index contributed by atoms with van der Waals surface area (Å²) in [5.41, 5.74) is 0.882. The van der Waals surface area contributed by atoms with E-state index in [2.05, 4.69) is 5.32 Å². The van der Waals surface area contributed by atoms with Crippen molar-refractivity contribution >= 4 is 35.2 Å². The van der Waals surface area contributed by atoms with Crippen LogP contribution >= 0.6 is 11.6 Å². The fourth-order valence-electron chi connectivity index (χ4n) is 2.96. The topological polar surface area (TPSA) is 99.2 Å². The van der Waals surface area contributed by atoms with E-state index in [1.165, 1.54) is 4.90 Å². The Morgan fingerprint density at radius 2 is 2.16 bits per heavy atom. The van der Waals surface area contributed by atoms with E-state index >= 15 is 0 Å². The van der Waals surface area contributed by atoms with E-state index in [4.69, 9.17) is 21.4 Å². The van der Waals surface area contributed by atoms with E-state index in [-0.39, 0.29) is 24.9 Å². The summed E-state index contributed by atoms with van der Waals surface area (Å²) in [7, 11) is 0. The smallest absolute Gasteiger partial charge is 0.322 e. The average molecular weight is 368 g/mol. The maximum Gasteiger partial charge on any atom is 0.322 e. The number of amides is 3.